The predicted octanol–water partition coefficient (Wildman–Crippen LogP) is 1.70. The third-order valence-corrected chi connectivity index (χ3v) is 3.93. The van der Waals surface area contributed by atoms with E-state index in [-0.39, 0.29) is 5.91 Å². The van der Waals surface area contributed by atoms with E-state index >= 15 is 0 Å². The molecule has 1 aromatic rings. The number of benzene rings is 1. The molecular formula is C15H22N2O3. The van der Waals surface area contributed by atoms with Crippen molar-refractivity contribution >= 4 is 11.6 Å². The number of amides is 1. The topological polar surface area (TPSA) is 73.6 Å². The van der Waals surface area contributed by atoms with E-state index in [4.69, 9.17) is 15.2 Å². The summed E-state index contributed by atoms with van der Waals surface area (Å²) < 4.78 is 10.6. The molecule has 0 radical (unpaired) electrons. The van der Waals surface area contributed by atoms with E-state index in [1.165, 1.54) is 0 Å². The molecule has 0 aromatic heterocycles. The number of methoxy groups -OCH3 is 1. The highest BCUT2D eigenvalue weighted by Gasteiger charge is 2.39. The number of nitrogens with one attached hydrogen (secondary N) is 1. The molecule has 20 heavy (non-hydrogen) atoms. The van der Waals surface area contributed by atoms with Crippen LogP contribution in [0.15, 0.2) is 18.2 Å². The van der Waals surface area contributed by atoms with Crippen LogP contribution in [0.5, 0.6) is 5.75 Å². The quantitative estimate of drug-likeness (QED) is 0.879. The number of ether oxygens (including phenoxy) is 2. The summed E-state index contributed by atoms with van der Waals surface area (Å²) in [5.41, 5.74) is 7.07. The van der Waals surface area contributed by atoms with Crippen LogP contribution in [0.4, 0.5) is 5.69 Å². The molecule has 1 aromatic carbocycles. The van der Waals surface area contributed by atoms with Crippen LogP contribution in [0.3, 0.4) is 0 Å². The Morgan fingerprint density at radius 2 is 2.15 bits per heavy atom. The minimum absolute atomic E-state index is 0.0505. The van der Waals surface area contributed by atoms with Gasteiger partial charge in [0.1, 0.15) is 5.75 Å². The van der Waals surface area contributed by atoms with Gasteiger partial charge in [-0.3, -0.25) is 4.79 Å². The first kappa shape index (κ1) is 14.8. The Morgan fingerprint density at radius 3 is 2.75 bits per heavy atom. The van der Waals surface area contributed by atoms with Gasteiger partial charge in [-0.25, -0.2) is 0 Å². The Bertz CT molecular complexity index is 482. The van der Waals surface area contributed by atoms with Crippen molar-refractivity contribution < 1.29 is 14.3 Å². The third-order valence-electron chi connectivity index (χ3n) is 3.93. The van der Waals surface area contributed by atoms with Gasteiger partial charge in [0, 0.05) is 19.8 Å². The van der Waals surface area contributed by atoms with Crippen LogP contribution in [0.25, 0.3) is 0 Å². The van der Waals surface area contributed by atoms with Gasteiger partial charge in [-0.1, -0.05) is 6.07 Å². The first-order valence-electron chi connectivity index (χ1n) is 6.85. The summed E-state index contributed by atoms with van der Waals surface area (Å²) in [6, 6.07) is 5.70. The van der Waals surface area contributed by atoms with E-state index in [1.807, 2.05) is 25.1 Å². The molecule has 5 heteroatoms. The molecule has 1 fully saturated rings. The molecular weight excluding hydrogens is 256 g/mol. The van der Waals surface area contributed by atoms with Gasteiger partial charge in [0.2, 0.25) is 5.91 Å². The number of hydrogen-bond donors (Lipinski definition) is 2. The standard InChI is InChI=1S/C15H22N2O3/c1-11-3-4-12(13(9-11)19-2)17-14(18)15(10-16)5-7-20-8-6-15/h3-4,9H,5-8,10,16H2,1-2H3,(H,17,18). The van der Waals surface area contributed by atoms with Gasteiger partial charge in [-0.05, 0) is 37.5 Å². The zero-order valence-corrected chi connectivity index (χ0v) is 12.1. The molecule has 0 saturated carbocycles. The summed E-state index contributed by atoms with van der Waals surface area (Å²) in [6.07, 6.45) is 1.31. The number of aryl methyl sites for hydroxylation is 1. The number of rotatable bonds is 4. The molecule has 5 nitrogen and oxygen atoms in total. The number of hydrogen-bond acceptors (Lipinski definition) is 4. The second-order valence-corrected chi connectivity index (χ2v) is 5.25. The van der Waals surface area contributed by atoms with Gasteiger partial charge < -0.3 is 20.5 Å². The minimum atomic E-state index is -0.534. The van der Waals surface area contributed by atoms with Gasteiger partial charge in [-0.2, -0.15) is 0 Å². The molecule has 0 unspecified atom stereocenters. The van der Waals surface area contributed by atoms with E-state index in [9.17, 15) is 4.79 Å². The SMILES string of the molecule is COc1cc(C)ccc1NC(=O)C1(CN)CCOCC1. The van der Waals surface area contributed by atoms with Gasteiger partial charge in [0.25, 0.3) is 0 Å². The lowest BCUT2D eigenvalue weighted by Gasteiger charge is -2.34. The van der Waals surface area contributed by atoms with Gasteiger partial charge in [0.15, 0.2) is 0 Å². The summed E-state index contributed by atoms with van der Waals surface area (Å²) >= 11 is 0. The fraction of sp³-hybridized carbons (Fsp3) is 0.533. The Kier molecular flexibility index (Phi) is 4.62. The average Bonchev–Trinajstić information content (AvgIpc) is 2.49. The zero-order chi connectivity index (χ0) is 14.6. The molecule has 110 valence electrons. The molecule has 2 rings (SSSR count). The average molecular weight is 278 g/mol. The second-order valence-electron chi connectivity index (χ2n) is 5.25. The maximum absolute atomic E-state index is 12.6. The smallest absolute Gasteiger partial charge is 0.232 e. The lowest BCUT2D eigenvalue weighted by Crippen LogP contribution is -2.46. The van der Waals surface area contributed by atoms with Gasteiger partial charge >= 0.3 is 0 Å². The lowest BCUT2D eigenvalue weighted by molar-refractivity contribution is -0.130. The van der Waals surface area contributed by atoms with E-state index < -0.39 is 5.41 Å². The van der Waals surface area contributed by atoms with Crippen LogP contribution in [0, 0.1) is 12.3 Å². The molecule has 3 N–H and O–H groups in total. The third kappa shape index (κ3) is 2.94. The summed E-state index contributed by atoms with van der Waals surface area (Å²) in [6.45, 7) is 3.47. The zero-order valence-electron chi connectivity index (χ0n) is 12.1. The second kappa shape index (κ2) is 6.24. The Morgan fingerprint density at radius 1 is 1.45 bits per heavy atom. The van der Waals surface area contributed by atoms with Crippen molar-refractivity contribution in [2.45, 2.75) is 19.8 Å². The van der Waals surface area contributed by atoms with Crippen LogP contribution in [-0.2, 0) is 9.53 Å². The molecule has 1 heterocycles. The minimum Gasteiger partial charge on any atom is -0.495 e. The van der Waals surface area contributed by atoms with Crippen molar-refractivity contribution in [3.8, 4) is 5.75 Å². The number of anilines is 1. The molecule has 0 bridgehead atoms. The molecule has 1 saturated heterocycles. The van der Waals surface area contributed by atoms with Crippen molar-refractivity contribution in [2.24, 2.45) is 11.1 Å². The lowest BCUT2D eigenvalue weighted by atomic mass is 9.79. The van der Waals surface area contributed by atoms with Crippen LogP contribution >= 0.6 is 0 Å². The molecule has 1 aliphatic rings. The van der Waals surface area contributed by atoms with Crippen molar-refractivity contribution in [1.82, 2.24) is 0 Å². The molecule has 0 aliphatic carbocycles. The molecule has 0 spiro atoms. The van der Waals surface area contributed by atoms with Crippen LogP contribution in [-0.4, -0.2) is 32.8 Å². The molecule has 1 amide bonds. The van der Waals surface area contributed by atoms with Crippen molar-refractivity contribution in [3.05, 3.63) is 23.8 Å². The highest BCUT2D eigenvalue weighted by Crippen LogP contribution is 2.33. The van der Waals surface area contributed by atoms with Crippen molar-refractivity contribution in [2.75, 3.05) is 32.2 Å². The first-order chi connectivity index (χ1) is 9.61. The van der Waals surface area contributed by atoms with Crippen molar-refractivity contribution in [3.63, 3.8) is 0 Å². The fourth-order valence-electron chi connectivity index (χ4n) is 2.44. The number of carbonyl (C=O) groups is 1. The van der Waals surface area contributed by atoms with Gasteiger partial charge in [-0.15, -0.1) is 0 Å². The Balaban J connectivity index is 2.18. The highest BCUT2D eigenvalue weighted by molar-refractivity contribution is 5.96. The van der Waals surface area contributed by atoms with E-state index in [0.717, 1.165) is 5.56 Å². The summed E-state index contributed by atoms with van der Waals surface area (Å²) in [4.78, 5) is 12.6. The van der Waals surface area contributed by atoms with Gasteiger partial charge in [0.05, 0.1) is 18.2 Å². The number of nitrogens with two attached hydrogens (primary N) is 1. The van der Waals surface area contributed by atoms with E-state index in [2.05, 4.69) is 5.32 Å². The highest BCUT2D eigenvalue weighted by atomic mass is 16.5. The summed E-state index contributed by atoms with van der Waals surface area (Å²) in [7, 11) is 1.59. The maximum Gasteiger partial charge on any atom is 0.232 e. The van der Waals surface area contributed by atoms with E-state index in [1.54, 1.807) is 7.11 Å². The largest absolute Gasteiger partial charge is 0.495 e. The fourth-order valence-corrected chi connectivity index (χ4v) is 2.44. The normalized spacial score (nSPS) is 17.6. The Labute approximate surface area is 119 Å². The first-order valence-corrected chi connectivity index (χ1v) is 6.85. The molecule has 0 atom stereocenters. The van der Waals surface area contributed by atoms with Crippen molar-refractivity contribution in [1.29, 1.82) is 0 Å². The maximum atomic E-state index is 12.6. The predicted molar refractivity (Wildman–Crippen MR) is 77.9 cm³/mol. The monoisotopic (exact) mass is 278 g/mol. The number of carbonyl (C=O) groups excluding carboxylic acids is 1. The van der Waals surface area contributed by atoms with Crippen LogP contribution in [0.1, 0.15) is 18.4 Å². The summed E-state index contributed by atoms with van der Waals surface area (Å²) in [5, 5.41) is 2.95. The molecule has 1 aliphatic heterocycles. The van der Waals surface area contributed by atoms with Crippen LogP contribution < -0.4 is 15.8 Å². The summed E-state index contributed by atoms with van der Waals surface area (Å²) in [5.74, 6) is 0.614. The Hall–Kier alpha value is -1.59. The van der Waals surface area contributed by atoms with E-state index in [0.29, 0.717) is 44.0 Å². The van der Waals surface area contributed by atoms with Crippen LogP contribution in [0.2, 0.25) is 0 Å².